The quantitative estimate of drug-likeness (QED) is 0.512. The molecule has 0 aliphatic rings. The summed E-state index contributed by atoms with van der Waals surface area (Å²) in [5.41, 5.74) is 5.19. The normalized spacial score (nSPS) is 10.6. The maximum Gasteiger partial charge on any atom is 0.210 e. The first-order valence-corrected chi connectivity index (χ1v) is 9.31. The van der Waals surface area contributed by atoms with Crippen molar-refractivity contribution < 1.29 is 4.74 Å². The molecule has 0 bridgehead atoms. The van der Waals surface area contributed by atoms with Gasteiger partial charge < -0.3 is 10.1 Å². The zero-order valence-corrected chi connectivity index (χ0v) is 15.8. The molecule has 2 aromatic carbocycles. The van der Waals surface area contributed by atoms with Crippen LogP contribution in [0.1, 0.15) is 5.56 Å². The lowest BCUT2D eigenvalue weighted by Gasteiger charge is -2.12. The molecule has 4 aromatic rings. The third kappa shape index (κ3) is 3.66. The molecule has 5 nitrogen and oxygen atoms in total. The molecule has 0 radical (unpaired) electrons. The first-order chi connectivity index (χ1) is 13.2. The number of nitrogens with one attached hydrogen (secondary N) is 1. The number of benzene rings is 2. The zero-order chi connectivity index (χ0) is 18.6. The third-order valence-electron chi connectivity index (χ3n) is 4.14. The second-order valence-corrected chi connectivity index (χ2v) is 7.00. The van der Waals surface area contributed by atoms with Gasteiger partial charge in [-0.25, -0.2) is 0 Å². The highest BCUT2D eigenvalue weighted by atomic mass is 32.1. The van der Waals surface area contributed by atoms with E-state index in [-0.39, 0.29) is 0 Å². The van der Waals surface area contributed by atoms with Crippen LogP contribution >= 0.6 is 11.3 Å². The molecule has 0 spiro atoms. The van der Waals surface area contributed by atoms with Crippen molar-refractivity contribution in [3.8, 4) is 27.4 Å². The van der Waals surface area contributed by atoms with Gasteiger partial charge in [0, 0.05) is 29.2 Å². The lowest BCUT2D eigenvalue weighted by Crippen LogP contribution is -1.91. The van der Waals surface area contributed by atoms with Crippen LogP contribution in [0.3, 0.4) is 0 Å². The summed E-state index contributed by atoms with van der Waals surface area (Å²) in [5, 5.41) is 13.6. The minimum Gasteiger partial charge on any atom is -0.496 e. The molecule has 0 saturated carbocycles. The number of hydrogen-bond donors (Lipinski definition) is 1. The Labute approximate surface area is 161 Å². The van der Waals surface area contributed by atoms with E-state index in [0.29, 0.717) is 0 Å². The van der Waals surface area contributed by atoms with Crippen molar-refractivity contribution in [2.45, 2.75) is 6.92 Å². The Morgan fingerprint density at radius 2 is 1.78 bits per heavy atom. The topological polar surface area (TPSA) is 59.9 Å². The summed E-state index contributed by atoms with van der Waals surface area (Å²) in [4.78, 5) is 4.11. The van der Waals surface area contributed by atoms with E-state index in [1.807, 2.05) is 42.5 Å². The van der Waals surface area contributed by atoms with Gasteiger partial charge >= 0.3 is 0 Å². The SMILES string of the molecule is COc1cccc(-c2nnc(Nc3cccc(C)c3)s2)c1-c1ccncc1. The number of methoxy groups -OCH3 is 1. The van der Waals surface area contributed by atoms with Gasteiger partial charge in [0.1, 0.15) is 10.8 Å². The summed E-state index contributed by atoms with van der Waals surface area (Å²) in [5.74, 6) is 0.794. The van der Waals surface area contributed by atoms with E-state index < -0.39 is 0 Å². The first-order valence-electron chi connectivity index (χ1n) is 8.49. The smallest absolute Gasteiger partial charge is 0.210 e. The summed E-state index contributed by atoms with van der Waals surface area (Å²) >= 11 is 1.51. The van der Waals surface area contributed by atoms with E-state index >= 15 is 0 Å². The number of rotatable bonds is 5. The summed E-state index contributed by atoms with van der Waals surface area (Å²) < 4.78 is 5.60. The predicted molar refractivity (Wildman–Crippen MR) is 110 cm³/mol. The van der Waals surface area contributed by atoms with Crippen molar-refractivity contribution in [3.05, 3.63) is 72.6 Å². The number of aromatic nitrogens is 3. The lowest BCUT2D eigenvalue weighted by molar-refractivity contribution is 0.416. The van der Waals surface area contributed by atoms with Crippen molar-refractivity contribution in [1.29, 1.82) is 0 Å². The van der Waals surface area contributed by atoms with Gasteiger partial charge in [0.15, 0.2) is 0 Å². The Morgan fingerprint density at radius 1 is 0.963 bits per heavy atom. The molecule has 4 rings (SSSR count). The number of pyridine rings is 1. The molecule has 6 heteroatoms. The molecule has 27 heavy (non-hydrogen) atoms. The van der Waals surface area contributed by atoms with E-state index in [2.05, 4.69) is 39.6 Å². The van der Waals surface area contributed by atoms with Crippen LogP contribution in [0.4, 0.5) is 10.8 Å². The van der Waals surface area contributed by atoms with Crippen LogP contribution < -0.4 is 10.1 Å². The molecule has 2 aromatic heterocycles. The van der Waals surface area contributed by atoms with Crippen LogP contribution in [-0.4, -0.2) is 22.3 Å². The van der Waals surface area contributed by atoms with Gasteiger partial charge in [0.2, 0.25) is 5.13 Å². The maximum absolute atomic E-state index is 5.60. The van der Waals surface area contributed by atoms with Crippen LogP contribution in [0, 0.1) is 6.92 Å². The zero-order valence-electron chi connectivity index (χ0n) is 15.0. The van der Waals surface area contributed by atoms with Crippen molar-refractivity contribution in [2.75, 3.05) is 12.4 Å². The second kappa shape index (κ2) is 7.55. The van der Waals surface area contributed by atoms with Crippen molar-refractivity contribution in [1.82, 2.24) is 15.2 Å². The molecular formula is C21H18N4OS. The monoisotopic (exact) mass is 374 g/mol. The summed E-state index contributed by atoms with van der Waals surface area (Å²) in [6, 6.07) is 18.1. The largest absolute Gasteiger partial charge is 0.496 e. The molecule has 134 valence electrons. The molecule has 0 aliphatic heterocycles. The number of ether oxygens (including phenoxy) is 1. The fourth-order valence-electron chi connectivity index (χ4n) is 2.92. The third-order valence-corrected chi connectivity index (χ3v) is 5.01. The van der Waals surface area contributed by atoms with E-state index in [0.717, 1.165) is 38.3 Å². The fourth-order valence-corrected chi connectivity index (χ4v) is 3.72. The number of nitrogens with zero attached hydrogens (tertiary/aromatic N) is 3. The average Bonchev–Trinajstić information content (AvgIpc) is 3.16. The van der Waals surface area contributed by atoms with E-state index in [4.69, 9.17) is 4.74 Å². The fraction of sp³-hybridized carbons (Fsp3) is 0.0952. The highest BCUT2D eigenvalue weighted by Crippen LogP contribution is 2.40. The Morgan fingerprint density at radius 3 is 2.56 bits per heavy atom. The van der Waals surface area contributed by atoms with Crippen molar-refractivity contribution in [2.24, 2.45) is 0 Å². The lowest BCUT2D eigenvalue weighted by atomic mass is 10.00. The Hall–Kier alpha value is -3.25. The Bertz CT molecular complexity index is 1060. The van der Waals surface area contributed by atoms with E-state index in [1.54, 1.807) is 19.5 Å². The molecule has 2 heterocycles. The highest BCUT2D eigenvalue weighted by molar-refractivity contribution is 7.18. The maximum atomic E-state index is 5.60. The van der Waals surface area contributed by atoms with Crippen LogP contribution in [0.5, 0.6) is 5.75 Å². The van der Waals surface area contributed by atoms with E-state index in [9.17, 15) is 0 Å². The summed E-state index contributed by atoms with van der Waals surface area (Å²) in [6.07, 6.45) is 3.55. The standard InChI is InChI=1S/C21H18N4OS/c1-14-5-3-6-16(13-14)23-21-25-24-20(27-21)17-7-4-8-18(26-2)19(17)15-9-11-22-12-10-15/h3-13H,1-2H3,(H,23,25). The summed E-state index contributed by atoms with van der Waals surface area (Å²) in [7, 11) is 1.68. The number of hydrogen-bond acceptors (Lipinski definition) is 6. The average molecular weight is 374 g/mol. The highest BCUT2D eigenvalue weighted by Gasteiger charge is 2.16. The van der Waals surface area contributed by atoms with Gasteiger partial charge in [-0.3, -0.25) is 4.98 Å². The van der Waals surface area contributed by atoms with Gasteiger partial charge in [0.05, 0.1) is 7.11 Å². The predicted octanol–water partition coefficient (Wildman–Crippen LogP) is 5.33. The summed E-state index contributed by atoms with van der Waals surface area (Å²) in [6.45, 7) is 2.06. The Balaban J connectivity index is 1.73. The molecule has 0 amide bonds. The van der Waals surface area contributed by atoms with Gasteiger partial charge in [-0.1, -0.05) is 35.6 Å². The minimum absolute atomic E-state index is 0.749. The minimum atomic E-state index is 0.749. The van der Waals surface area contributed by atoms with Crippen molar-refractivity contribution in [3.63, 3.8) is 0 Å². The van der Waals surface area contributed by atoms with Crippen LogP contribution in [0.2, 0.25) is 0 Å². The molecular weight excluding hydrogens is 356 g/mol. The van der Waals surface area contributed by atoms with Crippen LogP contribution in [0.25, 0.3) is 21.7 Å². The van der Waals surface area contributed by atoms with Gasteiger partial charge in [-0.05, 0) is 48.4 Å². The molecule has 0 unspecified atom stereocenters. The van der Waals surface area contributed by atoms with Gasteiger partial charge in [-0.15, -0.1) is 10.2 Å². The first kappa shape index (κ1) is 17.2. The molecule has 0 fully saturated rings. The molecule has 0 atom stereocenters. The van der Waals surface area contributed by atoms with E-state index in [1.165, 1.54) is 16.9 Å². The van der Waals surface area contributed by atoms with Gasteiger partial charge in [0.25, 0.3) is 0 Å². The second-order valence-electron chi connectivity index (χ2n) is 6.03. The van der Waals surface area contributed by atoms with Gasteiger partial charge in [-0.2, -0.15) is 0 Å². The van der Waals surface area contributed by atoms with Crippen molar-refractivity contribution >= 4 is 22.2 Å². The molecule has 1 N–H and O–H groups in total. The van der Waals surface area contributed by atoms with Crippen LogP contribution in [0.15, 0.2) is 67.0 Å². The van der Waals surface area contributed by atoms with Crippen LogP contribution in [-0.2, 0) is 0 Å². The number of aryl methyl sites for hydroxylation is 1. The Kier molecular flexibility index (Phi) is 4.80. The molecule has 0 aliphatic carbocycles. The molecule has 0 saturated heterocycles. The number of anilines is 2.